The highest BCUT2D eigenvalue weighted by Crippen LogP contribution is 2.43. The SMILES string of the molecule is CN1C(=O)[C@@](O)(CC(=O)c2cccc(N3C(=O)[C@H]4CCCC[C@@H]4C3=O)c2)c2ccccc21. The van der Waals surface area contributed by atoms with Crippen LogP contribution in [-0.2, 0) is 20.0 Å². The molecule has 2 aromatic rings. The predicted octanol–water partition coefficient (Wildman–Crippen LogP) is 2.80. The zero-order valence-electron chi connectivity index (χ0n) is 17.8. The molecule has 0 radical (unpaired) electrons. The third kappa shape index (κ3) is 2.92. The molecule has 2 aromatic carbocycles. The van der Waals surface area contributed by atoms with E-state index in [-0.39, 0.29) is 29.2 Å². The standard InChI is InChI=1S/C25H24N2O5/c1-26-20-12-5-4-11-19(20)25(32,24(26)31)14-21(28)15-7-6-8-16(13-15)27-22(29)17-9-2-3-10-18(17)23(27)30/h4-8,11-13,17-18,32H,2-3,9-10,14H2,1H3/t17-,18-,25+/m0/s1. The molecule has 32 heavy (non-hydrogen) atoms. The van der Waals surface area contributed by atoms with Crippen LogP contribution in [0.2, 0.25) is 0 Å². The molecular formula is C25H24N2O5. The summed E-state index contributed by atoms with van der Waals surface area (Å²) in [4.78, 5) is 54.3. The normalized spacial score (nSPS) is 27.0. The molecular weight excluding hydrogens is 408 g/mol. The Morgan fingerprint density at radius 1 is 1.00 bits per heavy atom. The number of nitrogens with zero attached hydrogens (tertiary/aromatic N) is 2. The van der Waals surface area contributed by atoms with E-state index in [0.717, 1.165) is 12.8 Å². The van der Waals surface area contributed by atoms with Crippen LogP contribution in [0, 0.1) is 11.8 Å². The van der Waals surface area contributed by atoms with Crippen LogP contribution < -0.4 is 9.80 Å². The molecule has 0 aromatic heterocycles. The van der Waals surface area contributed by atoms with Gasteiger partial charge in [0.05, 0.1) is 29.6 Å². The van der Waals surface area contributed by atoms with E-state index in [9.17, 15) is 24.3 Å². The number of rotatable bonds is 4. The zero-order valence-corrected chi connectivity index (χ0v) is 17.8. The number of benzene rings is 2. The van der Waals surface area contributed by atoms with E-state index in [1.165, 1.54) is 15.9 Å². The number of imide groups is 1. The largest absolute Gasteiger partial charge is 0.375 e. The fraction of sp³-hybridized carbons (Fsp3) is 0.360. The number of ketones is 1. The van der Waals surface area contributed by atoms with Gasteiger partial charge < -0.3 is 10.0 Å². The van der Waals surface area contributed by atoms with Crippen LogP contribution in [-0.4, -0.2) is 35.7 Å². The van der Waals surface area contributed by atoms with Crippen LogP contribution in [0.1, 0.15) is 48.0 Å². The van der Waals surface area contributed by atoms with E-state index in [1.807, 2.05) is 0 Å². The van der Waals surface area contributed by atoms with E-state index in [1.54, 1.807) is 49.5 Å². The van der Waals surface area contributed by atoms with Crippen molar-refractivity contribution in [2.75, 3.05) is 16.8 Å². The Balaban J connectivity index is 1.43. The van der Waals surface area contributed by atoms with Gasteiger partial charge in [0.15, 0.2) is 11.4 Å². The molecule has 0 spiro atoms. The van der Waals surface area contributed by atoms with Crippen molar-refractivity contribution in [2.45, 2.75) is 37.7 Å². The third-order valence-electron chi connectivity index (χ3n) is 7.05. The lowest BCUT2D eigenvalue weighted by atomic mass is 9.81. The first-order chi connectivity index (χ1) is 15.3. The van der Waals surface area contributed by atoms with E-state index >= 15 is 0 Å². The van der Waals surface area contributed by atoms with Gasteiger partial charge in [0.1, 0.15) is 0 Å². The molecule has 3 aliphatic rings. The molecule has 1 saturated carbocycles. The van der Waals surface area contributed by atoms with Crippen LogP contribution in [0.3, 0.4) is 0 Å². The Bertz CT molecular complexity index is 1130. The van der Waals surface area contributed by atoms with Crippen LogP contribution in [0.15, 0.2) is 48.5 Å². The summed E-state index contributed by atoms with van der Waals surface area (Å²) in [5.41, 5.74) is -0.385. The molecule has 0 bridgehead atoms. The van der Waals surface area contributed by atoms with E-state index in [2.05, 4.69) is 0 Å². The van der Waals surface area contributed by atoms with Gasteiger partial charge in [-0.2, -0.15) is 0 Å². The Hall–Kier alpha value is -3.32. The highest BCUT2D eigenvalue weighted by atomic mass is 16.3. The second-order valence-corrected chi connectivity index (χ2v) is 8.90. The average Bonchev–Trinajstić information content (AvgIpc) is 3.17. The molecule has 3 atom stereocenters. The van der Waals surface area contributed by atoms with Gasteiger partial charge in [-0.25, -0.2) is 0 Å². The van der Waals surface area contributed by atoms with Gasteiger partial charge in [-0.05, 0) is 31.0 Å². The van der Waals surface area contributed by atoms with Crippen molar-refractivity contribution in [1.82, 2.24) is 0 Å². The Morgan fingerprint density at radius 3 is 2.34 bits per heavy atom. The number of fused-ring (bicyclic) bond motifs is 2. The molecule has 7 heteroatoms. The maximum absolute atomic E-state index is 13.1. The van der Waals surface area contributed by atoms with E-state index in [0.29, 0.717) is 29.8 Å². The van der Waals surface area contributed by atoms with Crippen LogP contribution in [0.5, 0.6) is 0 Å². The van der Waals surface area contributed by atoms with Crippen molar-refractivity contribution < 1.29 is 24.3 Å². The fourth-order valence-corrected chi connectivity index (χ4v) is 5.36. The monoisotopic (exact) mass is 432 g/mol. The van der Waals surface area contributed by atoms with Gasteiger partial charge >= 0.3 is 0 Å². The van der Waals surface area contributed by atoms with E-state index in [4.69, 9.17) is 0 Å². The minimum atomic E-state index is -1.95. The van der Waals surface area contributed by atoms with Gasteiger partial charge in [0, 0.05) is 18.2 Å². The summed E-state index contributed by atoms with van der Waals surface area (Å²) < 4.78 is 0. The second-order valence-electron chi connectivity index (χ2n) is 8.90. The molecule has 1 saturated heterocycles. The summed E-state index contributed by atoms with van der Waals surface area (Å²) in [6.07, 6.45) is 2.88. The van der Waals surface area contributed by atoms with Crippen molar-refractivity contribution in [3.63, 3.8) is 0 Å². The number of carbonyl (C=O) groups excluding carboxylic acids is 4. The summed E-state index contributed by atoms with van der Waals surface area (Å²) in [7, 11) is 1.56. The lowest BCUT2D eigenvalue weighted by Crippen LogP contribution is -2.40. The maximum Gasteiger partial charge on any atom is 0.263 e. The molecule has 1 aliphatic carbocycles. The third-order valence-corrected chi connectivity index (χ3v) is 7.05. The van der Waals surface area contributed by atoms with Crippen molar-refractivity contribution in [2.24, 2.45) is 11.8 Å². The number of anilines is 2. The summed E-state index contributed by atoms with van der Waals surface area (Å²) in [6, 6.07) is 13.2. The van der Waals surface area contributed by atoms with Gasteiger partial charge in [-0.1, -0.05) is 43.2 Å². The Labute approximate surface area is 185 Å². The first-order valence-corrected chi connectivity index (χ1v) is 10.9. The lowest BCUT2D eigenvalue weighted by Gasteiger charge is -2.21. The molecule has 2 heterocycles. The van der Waals surface area contributed by atoms with Crippen LogP contribution >= 0.6 is 0 Å². The molecule has 0 unspecified atom stereocenters. The average molecular weight is 432 g/mol. The van der Waals surface area contributed by atoms with Crippen LogP contribution in [0.25, 0.3) is 0 Å². The quantitative estimate of drug-likeness (QED) is 0.592. The Kier molecular flexibility index (Phi) is 4.74. The van der Waals surface area contributed by atoms with Gasteiger partial charge in [0.25, 0.3) is 5.91 Å². The van der Waals surface area contributed by atoms with Crippen molar-refractivity contribution >= 4 is 34.9 Å². The van der Waals surface area contributed by atoms with Crippen molar-refractivity contribution in [3.05, 3.63) is 59.7 Å². The minimum Gasteiger partial charge on any atom is -0.375 e. The second kappa shape index (κ2) is 7.38. The summed E-state index contributed by atoms with van der Waals surface area (Å²) in [5.74, 6) is -1.96. The van der Waals surface area contributed by atoms with Gasteiger partial charge in [0.2, 0.25) is 11.8 Å². The number of amides is 3. The number of likely N-dealkylation sites (N-methyl/N-ethyl adjacent to an activating group) is 1. The highest BCUT2D eigenvalue weighted by Gasteiger charge is 2.50. The van der Waals surface area contributed by atoms with Gasteiger partial charge in [-0.3, -0.25) is 24.1 Å². The van der Waals surface area contributed by atoms with Crippen molar-refractivity contribution in [1.29, 1.82) is 0 Å². The summed E-state index contributed by atoms with van der Waals surface area (Å²) >= 11 is 0. The smallest absolute Gasteiger partial charge is 0.263 e. The maximum atomic E-state index is 13.1. The molecule has 3 amide bonds. The molecule has 1 N–H and O–H groups in total. The first-order valence-electron chi connectivity index (χ1n) is 10.9. The minimum absolute atomic E-state index is 0.204. The lowest BCUT2D eigenvalue weighted by molar-refractivity contribution is -0.135. The molecule has 5 rings (SSSR count). The topological polar surface area (TPSA) is 95.0 Å². The van der Waals surface area contributed by atoms with Gasteiger partial charge in [-0.15, -0.1) is 0 Å². The number of carbonyl (C=O) groups is 4. The number of hydrogen-bond acceptors (Lipinski definition) is 5. The first kappa shape index (κ1) is 20.6. The van der Waals surface area contributed by atoms with Crippen molar-refractivity contribution in [3.8, 4) is 0 Å². The summed E-state index contributed by atoms with van der Waals surface area (Å²) in [5, 5.41) is 11.2. The zero-order chi connectivity index (χ0) is 22.6. The molecule has 2 aliphatic heterocycles. The number of hydrogen-bond donors (Lipinski definition) is 1. The molecule has 7 nitrogen and oxygen atoms in total. The predicted molar refractivity (Wildman–Crippen MR) is 117 cm³/mol. The molecule has 164 valence electrons. The highest BCUT2D eigenvalue weighted by molar-refractivity contribution is 6.22. The molecule has 2 fully saturated rings. The summed E-state index contributed by atoms with van der Waals surface area (Å²) in [6.45, 7) is 0. The van der Waals surface area contributed by atoms with Crippen LogP contribution in [0.4, 0.5) is 11.4 Å². The number of aliphatic hydroxyl groups is 1. The number of Topliss-reactive ketones (excluding diaryl/α,β-unsaturated/α-hetero) is 1. The Morgan fingerprint density at radius 2 is 1.66 bits per heavy atom. The number of para-hydroxylation sites is 1. The van der Waals surface area contributed by atoms with E-state index < -0.39 is 23.7 Å². The fourth-order valence-electron chi connectivity index (χ4n) is 5.36.